The molecule has 0 atom stereocenters. The summed E-state index contributed by atoms with van der Waals surface area (Å²) in [6.07, 6.45) is 0. The average molecular weight is 221 g/mol. The zero-order valence-electron chi connectivity index (χ0n) is 6.63. The highest BCUT2D eigenvalue weighted by atomic mass is 28.5. The molecule has 0 aromatic heterocycles. The SMILES string of the molecule is C[Si]1O[Si]O[Si]O[Si](C)(C)O1. The summed E-state index contributed by atoms with van der Waals surface area (Å²) in [5.41, 5.74) is 0. The lowest BCUT2D eigenvalue weighted by Gasteiger charge is -2.27. The van der Waals surface area contributed by atoms with E-state index in [0.717, 1.165) is 0 Å². The van der Waals surface area contributed by atoms with Crippen molar-refractivity contribution in [2.75, 3.05) is 0 Å². The molecule has 1 aliphatic rings. The van der Waals surface area contributed by atoms with Gasteiger partial charge in [-0.15, -0.1) is 0 Å². The topological polar surface area (TPSA) is 36.9 Å². The van der Waals surface area contributed by atoms with Gasteiger partial charge in [0, 0.05) is 0 Å². The van der Waals surface area contributed by atoms with Gasteiger partial charge in [-0.25, -0.2) is 0 Å². The highest BCUT2D eigenvalue weighted by molar-refractivity contribution is 6.76. The average Bonchev–Trinajstić information content (AvgIpc) is 1.82. The molecule has 4 nitrogen and oxygen atoms in total. The zero-order chi connectivity index (χ0) is 8.32. The predicted molar refractivity (Wildman–Crippen MR) is 44.9 cm³/mol. The van der Waals surface area contributed by atoms with Gasteiger partial charge in [0.1, 0.15) is 0 Å². The van der Waals surface area contributed by atoms with Gasteiger partial charge in [0.15, 0.2) is 0 Å². The molecule has 0 amide bonds. The van der Waals surface area contributed by atoms with Crippen LogP contribution in [0.3, 0.4) is 0 Å². The Morgan fingerprint density at radius 2 is 2.00 bits per heavy atom. The van der Waals surface area contributed by atoms with Crippen LogP contribution in [0.5, 0.6) is 0 Å². The third-order valence-electron chi connectivity index (χ3n) is 0.946. The van der Waals surface area contributed by atoms with Crippen molar-refractivity contribution in [3.05, 3.63) is 0 Å². The molecule has 1 aliphatic heterocycles. The van der Waals surface area contributed by atoms with Crippen molar-refractivity contribution in [2.45, 2.75) is 19.6 Å². The molecule has 0 unspecified atom stereocenters. The summed E-state index contributed by atoms with van der Waals surface area (Å²) in [6, 6.07) is 0. The Bertz CT molecular complexity index is 131. The first kappa shape index (κ1) is 9.79. The van der Waals surface area contributed by atoms with E-state index in [4.69, 9.17) is 16.5 Å². The molecule has 0 aromatic rings. The van der Waals surface area contributed by atoms with Crippen LogP contribution in [-0.2, 0) is 16.5 Å². The van der Waals surface area contributed by atoms with E-state index >= 15 is 0 Å². The largest absolute Gasteiger partial charge is 0.415 e. The molecular formula is C3H9O4Si4. The highest BCUT2D eigenvalue weighted by Crippen LogP contribution is 2.09. The molecule has 61 valence electrons. The van der Waals surface area contributed by atoms with Crippen molar-refractivity contribution < 1.29 is 16.5 Å². The lowest BCUT2D eigenvalue weighted by Crippen LogP contribution is -2.45. The molecule has 1 heterocycles. The van der Waals surface area contributed by atoms with Gasteiger partial charge in [-0.1, -0.05) is 0 Å². The van der Waals surface area contributed by atoms with Crippen molar-refractivity contribution in [3.8, 4) is 0 Å². The minimum absolute atomic E-state index is 0.0718. The summed E-state index contributed by atoms with van der Waals surface area (Å²) < 4.78 is 21.4. The summed E-state index contributed by atoms with van der Waals surface area (Å²) in [6.45, 7) is 5.94. The van der Waals surface area contributed by atoms with Crippen LogP contribution in [0.25, 0.3) is 0 Å². The molecule has 1 saturated heterocycles. The quantitative estimate of drug-likeness (QED) is 0.538. The molecule has 0 saturated carbocycles. The Morgan fingerprint density at radius 1 is 1.27 bits per heavy atom. The van der Waals surface area contributed by atoms with Gasteiger partial charge in [0.25, 0.3) is 0 Å². The van der Waals surface area contributed by atoms with Gasteiger partial charge >= 0.3 is 37.9 Å². The smallest absolute Gasteiger partial charge is 0.412 e. The highest BCUT2D eigenvalue weighted by Gasteiger charge is 2.31. The maximum absolute atomic E-state index is 5.61. The van der Waals surface area contributed by atoms with Gasteiger partial charge in [-0.3, -0.25) is 0 Å². The third-order valence-corrected chi connectivity index (χ3v) is 8.51. The van der Waals surface area contributed by atoms with E-state index in [0.29, 0.717) is 0 Å². The fourth-order valence-electron chi connectivity index (χ4n) is 0.605. The van der Waals surface area contributed by atoms with E-state index in [1.165, 1.54) is 0 Å². The minimum Gasteiger partial charge on any atom is -0.415 e. The molecule has 11 heavy (non-hydrogen) atoms. The number of hydrogen-bond donors (Lipinski definition) is 0. The second-order valence-corrected chi connectivity index (χ2v) is 9.85. The first-order valence-corrected chi connectivity index (χ1v) is 9.40. The Kier molecular flexibility index (Phi) is 3.64. The lowest BCUT2D eigenvalue weighted by atomic mass is 11.9. The van der Waals surface area contributed by atoms with E-state index in [9.17, 15) is 0 Å². The van der Waals surface area contributed by atoms with Crippen molar-refractivity contribution in [3.63, 3.8) is 0 Å². The predicted octanol–water partition coefficient (Wildman–Crippen LogP) is -0.0454. The molecule has 8 heteroatoms. The molecule has 1 fully saturated rings. The van der Waals surface area contributed by atoms with Crippen LogP contribution in [0.2, 0.25) is 19.6 Å². The standard InChI is InChI=1S/C3H9O4Si4/c1-10-5-8-4-9-6-11(2,3)7-10/h1-3H3. The van der Waals surface area contributed by atoms with Gasteiger partial charge < -0.3 is 16.5 Å². The fourth-order valence-corrected chi connectivity index (χ4v) is 6.95. The monoisotopic (exact) mass is 221 g/mol. The minimum atomic E-state index is -1.92. The summed E-state index contributed by atoms with van der Waals surface area (Å²) >= 11 is 0. The first-order valence-electron chi connectivity index (χ1n) is 3.13. The van der Waals surface area contributed by atoms with Crippen molar-refractivity contribution in [1.82, 2.24) is 0 Å². The maximum Gasteiger partial charge on any atom is 0.412 e. The van der Waals surface area contributed by atoms with Gasteiger partial charge in [-0.05, 0) is 19.6 Å². The maximum atomic E-state index is 5.61. The Balaban J connectivity index is 2.42. The van der Waals surface area contributed by atoms with Crippen molar-refractivity contribution in [1.29, 1.82) is 0 Å². The fraction of sp³-hybridized carbons (Fsp3) is 1.00. The molecule has 1 rings (SSSR count). The lowest BCUT2D eigenvalue weighted by molar-refractivity contribution is 0.302. The van der Waals surface area contributed by atoms with E-state index in [2.05, 4.69) is 0 Å². The second-order valence-electron chi connectivity index (χ2n) is 2.47. The van der Waals surface area contributed by atoms with Crippen LogP contribution in [-0.4, -0.2) is 37.9 Å². The molecule has 0 bridgehead atoms. The summed E-state index contributed by atoms with van der Waals surface area (Å²) in [4.78, 5) is 0. The summed E-state index contributed by atoms with van der Waals surface area (Å²) in [7, 11) is -2.91. The Morgan fingerprint density at radius 3 is 2.73 bits per heavy atom. The van der Waals surface area contributed by atoms with Crippen LogP contribution in [0.1, 0.15) is 0 Å². The Hall–Kier alpha value is 0.708. The van der Waals surface area contributed by atoms with Gasteiger partial charge in [-0.2, -0.15) is 0 Å². The van der Waals surface area contributed by atoms with E-state index in [1.54, 1.807) is 0 Å². The summed E-state index contributed by atoms with van der Waals surface area (Å²) in [5.74, 6) is 0. The second kappa shape index (κ2) is 4.09. The molecule has 0 aromatic carbocycles. The number of rotatable bonds is 0. The number of hydrogen-bond acceptors (Lipinski definition) is 4. The molecule has 0 spiro atoms. The van der Waals surface area contributed by atoms with Gasteiger partial charge in [0.2, 0.25) is 0 Å². The van der Waals surface area contributed by atoms with Gasteiger partial charge in [0.05, 0.1) is 0 Å². The van der Waals surface area contributed by atoms with Crippen LogP contribution < -0.4 is 0 Å². The Labute approximate surface area is 74.4 Å². The molecule has 0 N–H and O–H groups in total. The van der Waals surface area contributed by atoms with Crippen molar-refractivity contribution in [2.24, 2.45) is 0 Å². The van der Waals surface area contributed by atoms with Crippen LogP contribution in [0, 0.1) is 0 Å². The third kappa shape index (κ3) is 3.75. The van der Waals surface area contributed by atoms with Crippen molar-refractivity contribution >= 4 is 37.9 Å². The zero-order valence-corrected chi connectivity index (χ0v) is 10.6. The summed E-state index contributed by atoms with van der Waals surface area (Å²) in [5, 5.41) is 0. The normalized spacial score (nSPS) is 27.5. The molecular weight excluding hydrogens is 212 g/mol. The van der Waals surface area contributed by atoms with Crippen LogP contribution in [0.4, 0.5) is 0 Å². The van der Waals surface area contributed by atoms with Crippen LogP contribution in [0.15, 0.2) is 0 Å². The van der Waals surface area contributed by atoms with E-state index < -0.39 is 17.8 Å². The van der Waals surface area contributed by atoms with Crippen LogP contribution >= 0.6 is 0 Å². The van der Waals surface area contributed by atoms with E-state index in [1.807, 2.05) is 19.6 Å². The molecule has 5 radical (unpaired) electrons. The first-order chi connectivity index (χ1) is 5.10. The van der Waals surface area contributed by atoms with E-state index in [-0.39, 0.29) is 20.0 Å². The molecule has 0 aliphatic carbocycles.